The average Bonchev–Trinajstić information content (AvgIpc) is 3.04. The van der Waals surface area contributed by atoms with Crippen LogP contribution in [0.2, 0.25) is 0 Å². The van der Waals surface area contributed by atoms with Crippen LogP contribution in [0, 0.1) is 13.8 Å². The molecule has 1 heterocycles. The van der Waals surface area contributed by atoms with Crippen molar-refractivity contribution in [1.82, 2.24) is 0 Å². The summed E-state index contributed by atoms with van der Waals surface area (Å²) in [6, 6.07) is 12.0. The van der Waals surface area contributed by atoms with Crippen LogP contribution < -0.4 is 5.32 Å². The molecular formula is C21H19NO6. The zero-order chi connectivity index (χ0) is 20.3. The van der Waals surface area contributed by atoms with E-state index in [4.69, 9.17) is 9.15 Å². The minimum atomic E-state index is -0.719. The van der Waals surface area contributed by atoms with Crippen molar-refractivity contribution in [3.05, 3.63) is 64.9 Å². The number of fused-ring (bicyclic) bond motifs is 1. The predicted molar refractivity (Wildman–Crippen MR) is 102 cm³/mol. The number of para-hydroxylation sites is 1. The van der Waals surface area contributed by atoms with E-state index in [1.54, 1.807) is 38.1 Å². The van der Waals surface area contributed by atoms with E-state index in [1.165, 1.54) is 13.2 Å². The molecular weight excluding hydrogens is 362 g/mol. The van der Waals surface area contributed by atoms with Crippen molar-refractivity contribution in [2.45, 2.75) is 13.8 Å². The summed E-state index contributed by atoms with van der Waals surface area (Å²) < 4.78 is 15.3. The second-order valence-electron chi connectivity index (χ2n) is 6.20. The molecule has 3 aromatic rings. The van der Waals surface area contributed by atoms with Crippen molar-refractivity contribution in [2.24, 2.45) is 0 Å². The normalized spacial score (nSPS) is 10.5. The summed E-state index contributed by atoms with van der Waals surface area (Å²) in [4.78, 5) is 36.1. The van der Waals surface area contributed by atoms with Gasteiger partial charge in [-0.05, 0) is 37.6 Å². The number of esters is 2. The highest BCUT2D eigenvalue weighted by molar-refractivity contribution is 5.99. The topological polar surface area (TPSA) is 94.8 Å². The molecule has 0 aliphatic heterocycles. The SMILES string of the molecule is COC(=O)c1ccc(C)c(NC(=O)COC(=O)c2oc3ccccc3c2C)c1. The number of ether oxygens (including phenoxy) is 2. The number of hydrogen-bond donors (Lipinski definition) is 1. The molecule has 3 rings (SSSR count). The largest absolute Gasteiger partial charge is 0.465 e. The highest BCUT2D eigenvalue weighted by Crippen LogP contribution is 2.25. The summed E-state index contributed by atoms with van der Waals surface area (Å²) >= 11 is 0. The molecule has 1 amide bonds. The van der Waals surface area contributed by atoms with Gasteiger partial charge in [0.15, 0.2) is 6.61 Å². The van der Waals surface area contributed by atoms with Crippen molar-refractivity contribution >= 4 is 34.5 Å². The smallest absolute Gasteiger partial charge is 0.375 e. The lowest BCUT2D eigenvalue weighted by Crippen LogP contribution is -2.21. The minimum absolute atomic E-state index is 0.0675. The van der Waals surface area contributed by atoms with E-state index in [-0.39, 0.29) is 5.76 Å². The summed E-state index contributed by atoms with van der Waals surface area (Å²) in [5, 5.41) is 3.44. The number of anilines is 1. The van der Waals surface area contributed by atoms with Crippen LogP contribution in [0.15, 0.2) is 46.9 Å². The van der Waals surface area contributed by atoms with Gasteiger partial charge in [-0.2, -0.15) is 0 Å². The Bertz CT molecular complexity index is 1070. The van der Waals surface area contributed by atoms with Crippen LogP contribution >= 0.6 is 0 Å². The first kappa shape index (κ1) is 19.2. The Morgan fingerprint density at radius 2 is 1.79 bits per heavy atom. The lowest BCUT2D eigenvalue weighted by atomic mass is 10.1. The van der Waals surface area contributed by atoms with Gasteiger partial charge in [0.05, 0.1) is 12.7 Å². The molecule has 0 aliphatic rings. The second-order valence-corrected chi connectivity index (χ2v) is 6.20. The molecule has 144 valence electrons. The van der Waals surface area contributed by atoms with Crippen molar-refractivity contribution in [3.8, 4) is 0 Å². The molecule has 1 N–H and O–H groups in total. The Morgan fingerprint density at radius 1 is 1.04 bits per heavy atom. The number of methoxy groups -OCH3 is 1. The van der Waals surface area contributed by atoms with Gasteiger partial charge in [-0.15, -0.1) is 0 Å². The molecule has 28 heavy (non-hydrogen) atoms. The highest BCUT2D eigenvalue weighted by atomic mass is 16.5. The number of benzene rings is 2. The van der Waals surface area contributed by atoms with Gasteiger partial charge in [-0.3, -0.25) is 4.79 Å². The monoisotopic (exact) mass is 381 g/mol. The molecule has 7 heteroatoms. The van der Waals surface area contributed by atoms with Gasteiger partial charge < -0.3 is 19.2 Å². The number of amides is 1. The van der Waals surface area contributed by atoms with Crippen molar-refractivity contribution in [1.29, 1.82) is 0 Å². The molecule has 0 atom stereocenters. The maximum Gasteiger partial charge on any atom is 0.375 e. The molecule has 0 bridgehead atoms. The molecule has 0 spiro atoms. The number of hydrogen-bond acceptors (Lipinski definition) is 6. The molecule has 0 saturated heterocycles. The summed E-state index contributed by atoms with van der Waals surface area (Å²) in [5.41, 5.74) is 2.72. The third kappa shape index (κ3) is 3.88. The minimum Gasteiger partial charge on any atom is -0.465 e. The van der Waals surface area contributed by atoms with Gasteiger partial charge >= 0.3 is 11.9 Å². The van der Waals surface area contributed by atoms with Crippen LogP contribution in [0.5, 0.6) is 0 Å². The fourth-order valence-electron chi connectivity index (χ4n) is 2.75. The number of furan rings is 1. The highest BCUT2D eigenvalue weighted by Gasteiger charge is 2.20. The summed E-state index contributed by atoms with van der Waals surface area (Å²) in [5.74, 6) is -1.70. The number of nitrogens with one attached hydrogen (secondary N) is 1. The quantitative estimate of drug-likeness (QED) is 0.678. The third-order valence-corrected chi connectivity index (χ3v) is 4.30. The molecule has 0 saturated carbocycles. The van der Waals surface area contributed by atoms with E-state index >= 15 is 0 Å². The van der Waals surface area contributed by atoms with Crippen molar-refractivity contribution in [2.75, 3.05) is 19.0 Å². The zero-order valence-corrected chi connectivity index (χ0v) is 15.7. The standard InChI is InChI=1S/C21H19NO6/c1-12-8-9-14(20(24)26-3)10-16(12)22-18(23)11-27-21(25)19-13(2)15-6-4-5-7-17(15)28-19/h4-10H,11H2,1-3H3,(H,22,23). The fraction of sp³-hybridized carbons (Fsp3) is 0.190. The first-order valence-electron chi connectivity index (χ1n) is 8.54. The van der Waals surface area contributed by atoms with Crippen LogP contribution in [-0.2, 0) is 14.3 Å². The van der Waals surface area contributed by atoms with E-state index in [2.05, 4.69) is 10.1 Å². The molecule has 0 fully saturated rings. The van der Waals surface area contributed by atoms with Gasteiger partial charge in [-0.1, -0.05) is 24.3 Å². The predicted octanol–water partition coefficient (Wildman–Crippen LogP) is 3.63. The Balaban J connectivity index is 1.66. The zero-order valence-electron chi connectivity index (χ0n) is 15.7. The van der Waals surface area contributed by atoms with Crippen molar-refractivity contribution in [3.63, 3.8) is 0 Å². The van der Waals surface area contributed by atoms with Gasteiger partial charge in [0.2, 0.25) is 5.76 Å². The summed E-state index contributed by atoms with van der Waals surface area (Å²) in [6.07, 6.45) is 0. The Kier molecular flexibility index (Phi) is 5.44. The molecule has 1 aromatic heterocycles. The van der Waals surface area contributed by atoms with E-state index in [0.29, 0.717) is 22.4 Å². The van der Waals surface area contributed by atoms with Crippen LogP contribution in [0.25, 0.3) is 11.0 Å². The number of aryl methyl sites for hydroxylation is 2. The molecule has 0 aliphatic carbocycles. The van der Waals surface area contributed by atoms with Gasteiger partial charge in [0.1, 0.15) is 5.58 Å². The van der Waals surface area contributed by atoms with E-state index in [9.17, 15) is 14.4 Å². The van der Waals surface area contributed by atoms with Crippen LogP contribution in [-0.4, -0.2) is 31.6 Å². The first-order valence-corrected chi connectivity index (χ1v) is 8.54. The molecule has 2 aromatic carbocycles. The van der Waals surface area contributed by atoms with Crippen molar-refractivity contribution < 1.29 is 28.3 Å². The number of rotatable bonds is 5. The number of carbonyl (C=O) groups is 3. The third-order valence-electron chi connectivity index (χ3n) is 4.30. The van der Waals surface area contributed by atoms with Gasteiger partial charge in [0.25, 0.3) is 5.91 Å². The molecule has 0 unspecified atom stereocenters. The van der Waals surface area contributed by atoms with E-state index in [1.807, 2.05) is 12.1 Å². The van der Waals surface area contributed by atoms with Gasteiger partial charge in [-0.25, -0.2) is 9.59 Å². The van der Waals surface area contributed by atoms with Crippen LogP contribution in [0.3, 0.4) is 0 Å². The lowest BCUT2D eigenvalue weighted by molar-refractivity contribution is -0.119. The van der Waals surface area contributed by atoms with E-state index < -0.39 is 24.5 Å². The Hall–Kier alpha value is -3.61. The maximum absolute atomic E-state index is 12.3. The summed E-state index contributed by atoms with van der Waals surface area (Å²) in [7, 11) is 1.28. The van der Waals surface area contributed by atoms with Crippen LogP contribution in [0.4, 0.5) is 5.69 Å². The van der Waals surface area contributed by atoms with Crippen LogP contribution in [0.1, 0.15) is 32.0 Å². The number of carbonyl (C=O) groups excluding carboxylic acids is 3. The molecule has 7 nitrogen and oxygen atoms in total. The molecule has 0 radical (unpaired) electrons. The van der Waals surface area contributed by atoms with Gasteiger partial charge in [0, 0.05) is 16.6 Å². The Morgan fingerprint density at radius 3 is 2.50 bits per heavy atom. The lowest BCUT2D eigenvalue weighted by Gasteiger charge is -2.10. The Labute approximate surface area is 161 Å². The first-order chi connectivity index (χ1) is 13.4. The fourth-order valence-corrected chi connectivity index (χ4v) is 2.75. The van der Waals surface area contributed by atoms with E-state index in [0.717, 1.165) is 10.9 Å². The summed E-state index contributed by atoms with van der Waals surface area (Å²) in [6.45, 7) is 3.04. The average molecular weight is 381 g/mol. The second kappa shape index (κ2) is 7.96. The maximum atomic E-state index is 12.3.